The van der Waals surface area contributed by atoms with Crippen LogP contribution in [0.4, 0.5) is 0 Å². The van der Waals surface area contributed by atoms with E-state index in [1.54, 1.807) is 6.07 Å². The smallest absolute Gasteiger partial charge is 0.190 e. The van der Waals surface area contributed by atoms with Crippen molar-refractivity contribution in [3.63, 3.8) is 0 Å². The average molecular weight is 297 g/mol. The zero-order chi connectivity index (χ0) is 12.8. The highest BCUT2D eigenvalue weighted by atomic mass is 35.5. The van der Waals surface area contributed by atoms with E-state index < -0.39 is 0 Å². The van der Waals surface area contributed by atoms with E-state index in [0.29, 0.717) is 27.4 Å². The second kappa shape index (κ2) is 7.34. The van der Waals surface area contributed by atoms with Gasteiger partial charge < -0.3 is 9.47 Å². The molecule has 0 atom stereocenters. The van der Waals surface area contributed by atoms with Crippen molar-refractivity contribution >= 4 is 40.3 Å². The molecule has 0 aliphatic heterocycles. The molecule has 0 aliphatic carbocycles. The molecule has 0 aromatic carbocycles. The van der Waals surface area contributed by atoms with E-state index in [1.807, 2.05) is 13.8 Å². The number of halogens is 2. The van der Waals surface area contributed by atoms with Crippen molar-refractivity contribution in [3.05, 3.63) is 20.3 Å². The maximum absolute atomic E-state index is 11.7. The van der Waals surface area contributed by atoms with E-state index >= 15 is 0 Å². The predicted octanol–water partition coefficient (Wildman–Crippen LogP) is 3.68. The molecule has 0 spiro atoms. The fourth-order valence-electron chi connectivity index (χ4n) is 1.12. The van der Waals surface area contributed by atoms with E-state index in [9.17, 15) is 4.79 Å². The Balaban J connectivity index is 2.28. The van der Waals surface area contributed by atoms with Crippen molar-refractivity contribution < 1.29 is 14.3 Å². The quantitative estimate of drug-likeness (QED) is 0.569. The van der Waals surface area contributed by atoms with Crippen molar-refractivity contribution in [2.75, 3.05) is 19.8 Å². The van der Waals surface area contributed by atoms with Gasteiger partial charge >= 0.3 is 0 Å². The first kappa shape index (κ1) is 14.9. The standard InChI is InChI=1S/C11H14Cl2O3S/c1-7(2)16-4-3-15-6-9(14)8-5-10(12)17-11(8)13/h5,7H,3-4,6H2,1-2H3. The Morgan fingerprint density at radius 3 is 2.65 bits per heavy atom. The second-order valence-corrected chi connectivity index (χ2v) is 5.92. The summed E-state index contributed by atoms with van der Waals surface area (Å²) in [6.45, 7) is 4.74. The second-order valence-electron chi connectivity index (χ2n) is 3.63. The maximum atomic E-state index is 11.7. The molecule has 0 saturated carbocycles. The van der Waals surface area contributed by atoms with Gasteiger partial charge in [0.2, 0.25) is 0 Å². The lowest BCUT2D eigenvalue weighted by Gasteiger charge is -2.07. The zero-order valence-electron chi connectivity index (χ0n) is 9.66. The van der Waals surface area contributed by atoms with Crippen LogP contribution in [-0.2, 0) is 9.47 Å². The Morgan fingerprint density at radius 2 is 2.12 bits per heavy atom. The fraction of sp³-hybridized carbons (Fsp3) is 0.545. The molecule has 0 amide bonds. The molecule has 0 fully saturated rings. The number of hydrogen-bond acceptors (Lipinski definition) is 4. The molecular formula is C11H14Cl2O3S. The average Bonchev–Trinajstić information content (AvgIpc) is 2.56. The summed E-state index contributed by atoms with van der Waals surface area (Å²) in [5.74, 6) is -0.164. The third-order valence-electron chi connectivity index (χ3n) is 1.87. The van der Waals surface area contributed by atoms with Crippen LogP contribution in [0, 0.1) is 0 Å². The predicted molar refractivity (Wildman–Crippen MR) is 70.6 cm³/mol. The highest BCUT2D eigenvalue weighted by Crippen LogP contribution is 2.31. The summed E-state index contributed by atoms with van der Waals surface area (Å²) in [7, 11) is 0. The van der Waals surface area contributed by atoms with Gasteiger partial charge in [0, 0.05) is 0 Å². The molecule has 0 bridgehead atoms. The topological polar surface area (TPSA) is 35.5 Å². The third-order valence-corrected chi connectivity index (χ3v) is 3.36. The summed E-state index contributed by atoms with van der Waals surface area (Å²) in [5, 5.41) is 0. The van der Waals surface area contributed by atoms with Crippen LogP contribution in [0.3, 0.4) is 0 Å². The highest BCUT2D eigenvalue weighted by Gasteiger charge is 2.14. The summed E-state index contributed by atoms with van der Waals surface area (Å²) in [5.41, 5.74) is 0.423. The van der Waals surface area contributed by atoms with Gasteiger partial charge in [0.15, 0.2) is 5.78 Å². The van der Waals surface area contributed by atoms with Gasteiger partial charge in [0.25, 0.3) is 0 Å². The fourth-order valence-corrected chi connectivity index (χ4v) is 2.61. The number of thiophene rings is 1. The lowest BCUT2D eigenvalue weighted by molar-refractivity contribution is 0.0208. The Kier molecular flexibility index (Phi) is 6.44. The van der Waals surface area contributed by atoms with E-state index in [2.05, 4.69) is 0 Å². The Bertz CT molecular complexity index is 377. The van der Waals surface area contributed by atoms with Crippen LogP contribution in [-0.4, -0.2) is 31.7 Å². The van der Waals surface area contributed by atoms with Gasteiger partial charge in [-0.2, -0.15) is 0 Å². The molecule has 6 heteroatoms. The molecular weight excluding hydrogens is 283 g/mol. The summed E-state index contributed by atoms with van der Waals surface area (Å²) in [4.78, 5) is 11.7. The van der Waals surface area contributed by atoms with Crippen LogP contribution in [0.2, 0.25) is 8.67 Å². The first-order valence-electron chi connectivity index (χ1n) is 5.18. The van der Waals surface area contributed by atoms with Gasteiger partial charge in [-0.05, 0) is 19.9 Å². The lowest BCUT2D eigenvalue weighted by Crippen LogP contribution is -2.14. The van der Waals surface area contributed by atoms with Crippen LogP contribution in [0.15, 0.2) is 6.07 Å². The van der Waals surface area contributed by atoms with Crippen LogP contribution in [0.1, 0.15) is 24.2 Å². The number of Topliss-reactive ketones (excluding diaryl/α,β-unsaturated/α-hetero) is 1. The minimum absolute atomic E-state index is 0.00572. The van der Waals surface area contributed by atoms with Gasteiger partial charge in [-0.15, -0.1) is 11.3 Å². The third kappa shape index (κ3) is 5.36. The normalized spacial score (nSPS) is 11.1. The van der Waals surface area contributed by atoms with Crippen LogP contribution in [0.5, 0.6) is 0 Å². The minimum Gasteiger partial charge on any atom is -0.376 e. The SMILES string of the molecule is CC(C)OCCOCC(=O)c1cc(Cl)sc1Cl. The van der Waals surface area contributed by atoms with Crippen molar-refractivity contribution in [2.24, 2.45) is 0 Å². The molecule has 1 aromatic rings. The Hall–Kier alpha value is -0.130. The van der Waals surface area contributed by atoms with Crippen LogP contribution < -0.4 is 0 Å². The molecule has 0 N–H and O–H groups in total. The zero-order valence-corrected chi connectivity index (χ0v) is 12.0. The monoisotopic (exact) mass is 296 g/mol. The Morgan fingerprint density at radius 1 is 1.41 bits per heavy atom. The largest absolute Gasteiger partial charge is 0.376 e. The molecule has 1 rings (SSSR count). The van der Waals surface area contributed by atoms with E-state index in [1.165, 1.54) is 11.3 Å². The van der Waals surface area contributed by atoms with E-state index in [0.717, 1.165) is 0 Å². The molecule has 1 aromatic heterocycles. The number of ether oxygens (including phenoxy) is 2. The van der Waals surface area contributed by atoms with Gasteiger partial charge in [-0.1, -0.05) is 23.2 Å². The summed E-state index contributed by atoms with van der Waals surface area (Å²) in [6.07, 6.45) is 0.166. The Labute approximate surface area is 115 Å². The highest BCUT2D eigenvalue weighted by molar-refractivity contribution is 7.20. The van der Waals surface area contributed by atoms with Crippen molar-refractivity contribution in [1.82, 2.24) is 0 Å². The van der Waals surface area contributed by atoms with Gasteiger partial charge in [-0.3, -0.25) is 4.79 Å². The van der Waals surface area contributed by atoms with Gasteiger partial charge in [0.1, 0.15) is 10.9 Å². The lowest BCUT2D eigenvalue weighted by atomic mass is 10.2. The molecule has 1 heterocycles. The minimum atomic E-state index is -0.164. The molecule has 0 radical (unpaired) electrons. The van der Waals surface area contributed by atoms with Gasteiger partial charge in [-0.25, -0.2) is 0 Å². The first-order valence-corrected chi connectivity index (χ1v) is 6.75. The summed E-state index contributed by atoms with van der Waals surface area (Å²) < 4.78 is 11.4. The molecule has 3 nitrogen and oxygen atoms in total. The van der Waals surface area contributed by atoms with Crippen molar-refractivity contribution in [1.29, 1.82) is 0 Å². The van der Waals surface area contributed by atoms with E-state index in [4.69, 9.17) is 32.7 Å². The van der Waals surface area contributed by atoms with Crippen LogP contribution >= 0.6 is 34.5 Å². The van der Waals surface area contributed by atoms with Gasteiger partial charge in [0.05, 0.1) is 29.2 Å². The first-order chi connectivity index (χ1) is 8.00. The summed E-state index contributed by atoms with van der Waals surface area (Å²) in [6, 6.07) is 1.56. The molecule has 17 heavy (non-hydrogen) atoms. The van der Waals surface area contributed by atoms with Crippen molar-refractivity contribution in [2.45, 2.75) is 20.0 Å². The maximum Gasteiger partial charge on any atom is 0.190 e. The van der Waals surface area contributed by atoms with Crippen molar-refractivity contribution in [3.8, 4) is 0 Å². The molecule has 0 aliphatic rings. The molecule has 96 valence electrons. The number of carbonyl (C=O) groups is 1. The summed E-state index contributed by atoms with van der Waals surface area (Å²) >= 11 is 12.8. The number of ketones is 1. The number of hydrogen-bond donors (Lipinski definition) is 0. The number of rotatable bonds is 7. The molecule has 0 saturated heterocycles. The van der Waals surface area contributed by atoms with Crippen LogP contribution in [0.25, 0.3) is 0 Å². The molecule has 0 unspecified atom stereocenters. The van der Waals surface area contributed by atoms with E-state index in [-0.39, 0.29) is 18.5 Å². The number of carbonyl (C=O) groups excluding carboxylic acids is 1.